The van der Waals surface area contributed by atoms with Crippen molar-refractivity contribution < 1.29 is 13.2 Å². The van der Waals surface area contributed by atoms with E-state index in [0.29, 0.717) is 17.3 Å². The molecule has 1 aromatic heterocycles. The summed E-state index contributed by atoms with van der Waals surface area (Å²) in [4.78, 5) is 13.1. The molecule has 0 saturated carbocycles. The normalized spacial score (nSPS) is 12.3. The lowest BCUT2D eigenvalue weighted by molar-refractivity contribution is -0.119. The number of carbonyl (C=O) groups excluding carboxylic acids is 1. The fourth-order valence-electron chi connectivity index (χ4n) is 2.28. The number of sulfonamides is 1. The first kappa shape index (κ1) is 20.1. The summed E-state index contributed by atoms with van der Waals surface area (Å²) in [5.74, 6) is -0.159. The quantitative estimate of drug-likeness (QED) is 0.580. The smallest absolute Gasteiger partial charge is 0.260 e. The van der Waals surface area contributed by atoms with Crippen LogP contribution in [-0.4, -0.2) is 32.8 Å². The van der Waals surface area contributed by atoms with Crippen LogP contribution in [0.4, 0.5) is 5.69 Å². The Hall–Kier alpha value is -2.19. The number of thiophene rings is 1. The number of hydrogen-bond acceptors (Lipinski definition) is 5. The van der Waals surface area contributed by atoms with E-state index in [1.54, 1.807) is 19.1 Å². The van der Waals surface area contributed by atoms with Gasteiger partial charge in [0.2, 0.25) is 10.0 Å². The van der Waals surface area contributed by atoms with E-state index >= 15 is 0 Å². The molecule has 0 bridgehead atoms. The summed E-state index contributed by atoms with van der Waals surface area (Å²) in [5.41, 5.74) is 4.64. The van der Waals surface area contributed by atoms with Crippen LogP contribution in [0.3, 0.4) is 0 Å². The Morgan fingerprint density at radius 2 is 1.88 bits per heavy atom. The molecule has 0 unspecified atom stereocenters. The van der Waals surface area contributed by atoms with Gasteiger partial charge in [0.05, 0.1) is 17.7 Å². The van der Waals surface area contributed by atoms with Gasteiger partial charge in [-0.2, -0.15) is 5.10 Å². The number of hydrogen-bond donors (Lipinski definition) is 1. The Kier molecular flexibility index (Phi) is 6.55. The minimum atomic E-state index is -3.60. The van der Waals surface area contributed by atoms with Crippen LogP contribution in [0.25, 0.3) is 0 Å². The average Bonchev–Trinajstić information content (AvgIpc) is 3.11. The molecular weight excluding hydrogens is 370 g/mol. The first-order chi connectivity index (χ1) is 12.2. The molecule has 0 aliphatic heterocycles. The van der Waals surface area contributed by atoms with Gasteiger partial charge >= 0.3 is 0 Å². The number of nitrogens with one attached hydrogen (secondary N) is 1. The predicted molar refractivity (Wildman–Crippen MR) is 107 cm³/mol. The van der Waals surface area contributed by atoms with Crippen molar-refractivity contribution in [3.8, 4) is 0 Å². The van der Waals surface area contributed by atoms with E-state index in [1.165, 1.54) is 11.3 Å². The van der Waals surface area contributed by atoms with Gasteiger partial charge in [0, 0.05) is 4.88 Å². The van der Waals surface area contributed by atoms with Crippen molar-refractivity contribution >= 4 is 38.7 Å². The maximum atomic E-state index is 12.2. The molecule has 1 aromatic carbocycles. The topological polar surface area (TPSA) is 78.8 Å². The molecule has 6 nitrogen and oxygen atoms in total. The zero-order valence-corrected chi connectivity index (χ0v) is 16.9. The Balaban J connectivity index is 2.13. The molecule has 0 aliphatic rings. The third kappa shape index (κ3) is 5.40. The zero-order valence-electron chi connectivity index (χ0n) is 15.3. The predicted octanol–water partition coefficient (Wildman–Crippen LogP) is 3.18. The third-order valence-electron chi connectivity index (χ3n) is 3.76. The molecule has 0 atom stereocenters. The van der Waals surface area contributed by atoms with Crippen LogP contribution in [0.15, 0.2) is 46.9 Å². The Bertz CT molecular complexity index is 871. The Morgan fingerprint density at radius 3 is 2.38 bits per heavy atom. The molecule has 0 saturated heterocycles. The fourth-order valence-corrected chi connectivity index (χ4v) is 3.81. The van der Waals surface area contributed by atoms with Gasteiger partial charge in [0.15, 0.2) is 0 Å². The minimum absolute atomic E-state index is 0.332. The lowest BCUT2D eigenvalue weighted by Gasteiger charge is -2.22. The maximum Gasteiger partial charge on any atom is 0.260 e. The second-order valence-electron chi connectivity index (χ2n) is 6.23. The Morgan fingerprint density at radius 1 is 1.23 bits per heavy atom. The van der Waals surface area contributed by atoms with Crippen molar-refractivity contribution in [2.75, 3.05) is 17.1 Å². The summed E-state index contributed by atoms with van der Waals surface area (Å²) in [7, 11) is -3.60. The van der Waals surface area contributed by atoms with Gasteiger partial charge < -0.3 is 0 Å². The van der Waals surface area contributed by atoms with Crippen molar-refractivity contribution in [2.45, 2.75) is 26.7 Å². The van der Waals surface area contributed by atoms with Gasteiger partial charge in [0.25, 0.3) is 5.91 Å². The summed E-state index contributed by atoms with van der Waals surface area (Å²) in [6.07, 6.45) is 1.08. The first-order valence-corrected chi connectivity index (χ1v) is 10.9. The van der Waals surface area contributed by atoms with Gasteiger partial charge in [-0.25, -0.2) is 13.8 Å². The molecular formula is C18H23N3O3S2. The number of rotatable bonds is 7. The largest absolute Gasteiger partial charge is 0.271 e. The van der Waals surface area contributed by atoms with Crippen molar-refractivity contribution in [3.63, 3.8) is 0 Å². The van der Waals surface area contributed by atoms with Crippen molar-refractivity contribution in [1.82, 2.24) is 5.43 Å². The van der Waals surface area contributed by atoms with Crippen LogP contribution in [0, 0.1) is 0 Å². The second-order valence-corrected chi connectivity index (χ2v) is 9.08. The molecule has 140 valence electrons. The van der Waals surface area contributed by atoms with E-state index in [-0.39, 0.29) is 6.54 Å². The Labute approximate surface area is 158 Å². The lowest BCUT2D eigenvalue weighted by atomic mass is 10.0. The molecule has 0 fully saturated rings. The molecule has 2 rings (SSSR count). The van der Waals surface area contributed by atoms with Crippen molar-refractivity contribution in [3.05, 3.63) is 52.2 Å². The first-order valence-electron chi connectivity index (χ1n) is 8.13. The van der Waals surface area contributed by atoms with Crippen molar-refractivity contribution in [1.29, 1.82) is 0 Å². The van der Waals surface area contributed by atoms with Gasteiger partial charge in [-0.3, -0.25) is 9.10 Å². The molecule has 0 aliphatic carbocycles. The van der Waals surface area contributed by atoms with Crippen LogP contribution in [0.1, 0.15) is 37.1 Å². The highest BCUT2D eigenvalue weighted by Gasteiger charge is 2.21. The minimum Gasteiger partial charge on any atom is -0.271 e. The fraction of sp³-hybridized carbons (Fsp3) is 0.333. The third-order valence-corrected chi connectivity index (χ3v) is 5.88. The number of hydrazone groups is 1. The molecule has 0 radical (unpaired) electrons. The molecule has 1 amide bonds. The maximum absolute atomic E-state index is 12.2. The SMILES string of the molecule is C/C(=N/NC(=O)CN(c1ccc(C(C)C)cc1)S(C)(=O)=O)c1cccs1. The van der Waals surface area contributed by atoms with Crippen LogP contribution in [0.2, 0.25) is 0 Å². The van der Waals surface area contributed by atoms with E-state index in [9.17, 15) is 13.2 Å². The monoisotopic (exact) mass is 393 g/mol. The van der Waals surface area contributed by atoms with Gasteiger partial charge in [-0.1, -0.05) is 32.0 Å². The highest BCUT2D eigenvalue weighted by molar-refractivity contribution is 7.92. The summed E-state index contributed by atoms with van der Waals surface area (Å²) in [6.45, 7) is 5.57. The van der Waals surface area contributed by atoms with E-state index in [0.717, 1.165) is 21.0 Å². The zero-order chi connectivity index (χ0) is 19.3. The molecule has 0 spiro atoms. The highest BCUT2D eigenvalue weighted by atomic mass is 32.2. The molecule has 1 N–H and O–H groups in total. The summed E-state index contributed by atoms with van der Waals surface area (Å²) in [5, 5.41) is 5.96. The van der Waals surface area contributed by atoms with Gasteiger partial charge in [-0.05, 0) is 42.0 Å². The number of nitrogens with zero attached hydrogens (tertiary/aromatic N) is 2. The van der Waals surface area contributed by atoms with E-state index in [2.05, 4.69) is 24.4 Å². The number of anilines is 1. The summed E-state index contributed by atoms with van der Waals surface area (Å²) < 4.78 is 25.3. The van der Waals surface area contributed by atoms with E-state index in [1.807, 2.05) is 29.6 Å². The summed E-state index contributed by atoms with van der Waals surface area (Å²) in [6, 6.07) is 11.0. The van der Waals surface area contributed by atoms with E-state index in [4.69, 9.17) is 0 Å². The number of carbonyl (C=O) groups is 1. The second kappa shape index (κ2) is 8.46. The van der Waals surface area contributed by atoms with Crippen LogP contribution >= 0.6 is 11.3 Å². The van der Waals surface area contributed by atoms with Gasteiger partial charge in [-0.15, -0.1) is 11.3 Å². The summed E-state index contributed by atoms with van der Waals surface area (Å²) >= 11 is 1.51. The van der Waals surface area contributed by atoms with Gasteiger partial charge in [0.1, 0.15) is 6.54 Å². The lowest BCUT2D eigenvalue weighted by Crippen LogP contribution is -2.39. The number of benzene rings is 1. The van der Waals surface area contributed by atoms with Crippen LogP contribution in [0.5, 0.6) is 0 Å². The van der Waals surface area contributed by atoms with E-state index < -0.39 is 15.9 Å². The molecule has 8 heteroatoms. The molecule has 1 heterocycles. The molecule has 2 aromatic rings. The average molecular weight is 394 g/mol. The van der Waals surface area contributed by atoms with Crippen molar-refractivity contribution in [2.24, 2.45) is 5.10 Å². The standard InChI is InChI=1S/C18H23N3O3S2/c1-13(2)15-7-9-16(10-8-15)21(26(4,23)24)12-18(22)20-19-14(3)17-6-5-11-25-17/h5-11,13H,12H2,1-4H3,(H,20,22)/b19-14-. The number of amides is 1. The highest BCUT2D eigenvalue weighted by Crippen LogP contribution is 2.21. The van der Waals surface area contributed by atoms with Crippen LogP contribution < -0.4 is 9.73 Å². The molecule has 26 heavy (non-hydrogen) atoms. The van der Waals surface area contributed by atoms with Crippen LogP contribution in [-0.2, 0) is 14.8 Å².